The smallest absolute Gasteiger partial charge is 0.275 e. The van der Waals surface area contributed by atoms with Gasteiger partial charge < -0.3 is 5.32 Å². The first-order chi connectivity index (χ1) is 11.5. The topological polar surface area (TPSA) is 82.6 Å². The van der Waals surface area contributed by atoms with Gasteiger partial charge in [-0.25, -0.2) is 0 Å². The van der Waals surface area contributed by atoms with Crippen LogP contribution < -0.4 is 5.32 Å². The third-order valence-electron chi connectivity index (χ3n) is 3.84. The summed E-state index contributed by atoms with van der Waals surface area (Å²) in [7, 11) is 1.72. The predicted octanol–water partition coefficient (Wildman–Crippen LogP) is 2.20. The molecule has 3 heterocycles. The minimum Gasteiger partial charge on any atom is -0.318 e. The molecule has 9 heteroatoms. The highest BCUT2D eigenvalue weighted by atomic mass is 79.9. The van der Waals surface area contributed by atoms with E-state index >= 15 is 0 Å². The van der Waals surface area contributed by atoms with E-state index < -0.39 is 0 Å². The second kappa shape index (κ2) is 6.60. The molecule has 0 aromatic carbocycles. The summed E-state index contributed by atoms with van der Waals surface area (Å²) in [5, 5.41) is 15.5. The lowest BCUT2D eigenvalue weighted by Gasteiger charge is -2.04. The summed E-state index contributed by atoms with van der Waals surface area (Å²) in [4.78, 5) is 12.3. The number of hydrogen-bond acceptors (Lipinski definition) is 4. The maximum Gasteiger partial charge on any atom is 0.275 e. The second-order valence-corrected chi connectivity index (χ2v) is 6.27. The van der Waals surface area contributed by atoms with Crippen molar-refractivity contribution in [1.29, 1.82) is 0 Å². The quantitative estimate of drug-likeness (QED) is 0.722. The zero-order chi connectivity index (χ0) is 17.3. The van der Waals surface area contributed by atoms with Gasteiger partial charge in [-0.3, -0.25) is 18.8 Å². The van der Waals surface area contributed by atoms with Crippen LogP contribution in [0.3, 0.4) is 0 Å². The van der Waals surface area contributed by atoms with Gasteiger partial charge in [0.05, 0.1) is 35.3 Å². The SMILES string of the molecule is CCn1ncc(Cn2cc(NC(=O)c3c(Br)cnn3C)cn2)c1C. The van der Waals surface area contributed by atoms with Crippen LogP contribution in [0, 0.1) is 6.92 Å². The summed E-state index contributed by atoms with van der Waals surface area (Å²) in [6.07, 6.45) is 6.87. The van der Waals surface area contributed by atoms with Crippen molar-refractivity contribution in [3.8, 4) is 0 Å². The molecule has 0 fully saturated rings. The number of hydrogen-bond donors (Lipinski definition) is 1. The molecule has 0 aliphatic heterocycles. The van der Waals surface area contributed by atoms with Crippen LogP contribution in [-0.4, -0.2) is 35.2 Å². The molecule has 1 N–H and O–H groups in total. The Bertz CT molecular complexity index is 857. The Morgan fingerprint density at radius 3 is 2.67 bits per heavy atom. The standard InChI is InChI=1S/C15H18BrN7O/c1-4-23-10(2)11(5-19-23)8-22-9-12(6-18-22)20-15(24)14-13(16)7-17-21(14)3/h5-7,9H,4,8H2,1-3H3,(H,20,24). The number of rotatable bonds is 5. The van der Waals surface area contributed by atoms with E-state index in [0.717, 1.165) is 17.8 Å². The van der Waals surface area contributed by atoms with E-state index in [9.17, 15) is 4.79 Å². The van der Waals surface area contributed by atoms with Crippen molar-refractivity contribution in [2.45, 2.75) is 26.9 Å². The van der Waals surface area contributed by atoms with Crippen LogP contribution >= 0.6 is 15.9 Å². The lowest BCUT2D eigenvalue weighted by atomic mass is 10.2. The van der Waals surface area contributed by atoms with E-state index in [0.29, 0.717) is 22.4 Å². The van der Waals surface area contributed by atoms with E-state index in [1.54, 1.807) is 30.3 Å². The summed E-state index contributed by atoms with van der Waals surface area (Å²) in [5.74, 6) is -0.239. The van der Waals surface area contributed by atoms with Crippen molar-refractivity contribution in [3.05, 3.63) is 46.2 Å². The van der Waals surface area contributed by atoms with Crippen LogP contribution in [0.25, 0.3) is 0 Å². The minimum absolute atomic E-state index is 0.239. The number of aryl methyl sites for hydroxylation is 2. The molecule has 1 amide bonds. The molecular weight excluding hydrogens is 374 g/mol. The fraction of sp³-hybridized carbons (Fsp3) is 0.333. The highest BCUT2D eigenvalue weighted by Gasteiger charge is 2.16. The van der Waals surface area contributed by atoms with Crippen LogP contribution in [-0.2, 0) is 20.1 Å². The zero-order valence-corrected chi connectivity index (χ0v) is 15.3. The van der Waals surface area contributed by atoms with Crippen LogP contribution in [0.4, 0.5) is 5.69 Å². The summed E-state index contributed by atoms with van der Waals surface area (Å²) in [6, 6.07) is 0. The Morgan fingerprint density at radius 1 is 1.25 bits per heavy atom. The summed E-state index contributed by atoms with van der Waals surface area (Å²) < 4.78 is 5.89. The second-order valence-electron chi connectivity index (χ2n) is 5.42. The van der Waals surface area contributed by atoms with Crippen molar-refractivity contribution < 1.29 is 4.79 Å². The molecule has 126 valence electrons. The van der Waals surface area contributed by atoms with E-state index in [-0.39, 0.29) is 5.91 Å². The number of carbonyl (C=O) groups excluding carboxylic acids is 1. The Hall–Kier alpha value is -2.42. The van der Waals surface area contributed by atoms with Gasteiger partial charge in [-0.1, -0.05) is 0 Å². The highest BCUT2D eigenvalue weighted by molar-refractivity contribution is 9.10. The predicted molar refractivity (Wildman–Crippen MR) is 92.8 cm³/mol. The number of aromatic nitrogens is 6. The highest BCUT2D eigenvalue weighted by Crippen LogP contribution is 2.17. The minimum atomic E-state index is -0.239. The van der Waals surface area contributed by atoms with Crippen LogP contribution in [0.15, 0.2) is 29.3 Å². The van der Waals surface area contributed by atoms with Crippen LogP contribution in [0.1, 0.15) is 28.7 Å². The molecule has 0 atom stereocenters. The van der Waals surface area contributed by atoms with Crippen LogP contribution in [0.2, 0.25) is 0 Å². The van der Waals surface area contributed by atoms with Crippen molar-refractivity contribution in [2.24, 2.45) is 7.05 Å². The van der Waals surface area contributed by atoms with E-state index in [1.165, 1.54) is 4.68 Å². The van der Waals surface area contributed by atoms with E-state index in [2.05, 4.69) is 43.5 Å². The number of halogens is 1. The molecule has 0 aliphatic carbocycles. The molecule has 0 unspecified atom stereocenters. The number of amides is 1. The molecule has 0 spiro atoms. The maximum absolute atomic E-state index is 12.3. The van der Waals surface area contributed by atoms with Gasteiger partial charge in [0.2, 0.25) is 0 Å². The first-order valence-electron chi connectivity index (χ1n) is 7.52. The zero-order valence-electron chi connectivity index (χ0n) is 13.7. The molecule has 3 aromatic rings. The lowest BCUT2D eigenvalue weighted by Crippen LogP contribution is -2.16. The van der Waals surface area contributed by atoms with Gasteiger partial charge in [-0.2, -0.15) is 15.3 Å². The number of nitrogens with zero attached hydrogens (tertiary/aromatic N) is 6. The van der Waals surface area contributed by atoms with Gasteiger partial charge in [0.1, 0.15) is 5.69 Å². The molecule has 0 saturated carbocycles. The third kappa shape index (κ3) is 3.12. The van der Waals surface area contributed by atoms with Gasteiger partial charge in [0.15, 0.2) is 0 Å². The fourth-order valence-electron chi connectivity index (χ4n) is 2.50. The molecule has 8 nitrogen and oxygen atoms in total. The van der Waals surface area contributed by atoms with Gasteiger partial charge >= 0.3 is 0 Å². The molecular formula is C15H18BrN7O. The van der Waals surface area contributed by atoms with E-state index in [1.807, 2.05) is 17.8 Å². The van der Waals surface area contributed by atoms with Crippen molar-refractivity contribution in [3.63, 3.8) is 0 Å². The average Bonchev–Trinajstić information content (AvgIpc) is 3.21. The molecule has 3 rings (SSSR count). The van der Waals surface area contributed by atoms with Gasteiger partial charge in [0.25, 0.3) is 5.91 Å². The van der Waals surface area contributed by atoms with Crippen molar-refractivity contribution >= 4 is 27.5 Å². The number of anilines is 1. The largest absolute Gasteiger partial charge is 0.318 e. The first kappa shape index (κ1) is 16.4. The molecule has 0 aliphatic rings. The number of nitrogens with one attached hydrogen (secondary N) is 1. The monoisotopic (exact) mass is 391 g/mol. The van der Waals surface area contributed by atoms with Crippen molar-refractivity contribution in [2.75, 3.05) is 5.32 Å². The Labute approximate surface area is 147 Å². The first-order valence-corrected chi connectivity index (χ1v) is 8.31. The molecule has 24 heavy (non-hydrogen) atoms. The van der Waals surface area contributed by atoms with Gasteiger partial charge in [-0.15, -0.1) is 0 Å². The Morgan fingerprint density at radius 2 is 2.04 bits per heavy atom. The summed E-state index contributed by atoms with van der Waals surface area (Å²) in [5.41, 5.74) is 3.32. The van der Waals surface area contributed by atoms with Gasteiger partial charge in [0, 0.05) is 31.0 Å². The normalized spacial score (nSPS) is 11.0. The molecule has 0 bridgehead atoms. The Kier molecular flexibility index (Phi) is 4.52. The lowest BCUT2D eigenvalue weighted by molar-refractivity contribution is 0.101. The molecule has 0 saturated heterocycles. The molecule has 0 radical (unpaired) electrons. The Balaban J connectivity index is 1.71. The third-order valence-corrected chi connectivity index (χ3v) is 4.42. The number of carbonyl (C=O) groups is 1. The maximum atomic E-state index is 12.3. The van der Waals surface area contributed by atoms with Crippen molar-refractivity contribution in [1.82, 2.24) is 29.3 Å². The molecule has 3 aromatic heterocycles. The summed E-state index contributed by atoms with van der Waals surface area (Å²) in [6.45, 7) is 5.54. The van der Waals surface area contributed by atoms with Crippen LogP contribution in [0.5, 0.6) is 0 Å². The van der Waals surface area contributed by atoms with Gasteiger partial charge in [-0.05, 0) is 29.8 Å². The fourth-order valence-corrected chi connectivity index (χ4v) is 3.03. The summed E-state index contributed by atoms with van der Waals surface area (Å²) >= 11 is 3.32. The average molecular weight is 392 g/mol. The van der Waals surface area contributed by atoms with E-state index in [4.69, 9.17) is 0 Å².